The first-order valence-electron chi connectivity index (χ1n) is 5.22. The van der Waals surface area contributed by atoms with Crippen LogP contribution in [0.5, 0.6) is 0 Å². The zero-order valence-corrected chi connectivity index (χ0v) is 8.98. The number of anilines is 1. The number of nitrogens with two attached hydrogens (primary N) is 1. The van der Waals surface area contributed by atoms with E-state index in [0.29, 0.717) is 0 Å². The molecule has 0 spiro atoms. The highest BCUT2D eigenvalue weighted by Crippen LogP contribution is 2.30. The predicted octanol–water partition coefficient (Wildman–Crippen LogP) is -1.69. The molecule has 1 unspecified atom stereocenters. The van der Waals surface area contributed by atoms with Gasteiger partial charge >= 0.3 is 5.69 Å². The molecule has 1 aromatic rings. The predicted molar refractivity (Wildman–Crippen MR) is 58.2 cm³/mol. The molecule has 1 saturated carbocycles. The molecular weight excluding hydrogens is 226 g/mol. The number of nitrogens with zero attached hydrogens (tertiary/aromatic N) is 2. The standard InChI is InChI=1S/C10H13N3O4/c11-7-1-2-13(10(17)12-7)6-3-5(4-14)8(15)9(6)16/h1-2,5-6,8,14-15H,3-4H2,(H2,11,12,17)/t5-,6-,8?/m1/s1. The van der Waals surface area contributed by atoms with Crippen molar-refractivity contribution in [2.75, 3.05) is 12.3 Å². The van der Waals surface area contributed by atoms with Gasteiger partial charge in [0.2, 0.25) is 0 Å². The fourth-order valence-electron chi connectivity index (χ4n) is 2.05. The highest BCUT2D eigenvalue weighted by molar-refractivity contribution is 5.89. The lowest BCUT2D eigenvalue weighted by atomic mass is 10.1. The van der Waals surface area contributed by atoms with Crippen molar-refractivity contribution in [2.45, 2.75) is 18.6 Å². The first-order chi connectivity index (χ1) is 8.04. The largest absolute Gasteiger partial charge is 0.396 e. The Labute approximate surface area is 96.5 Å². The summed E-state index contributed by atoms with van der Waals surface area (Å²) in [6.07, 6.45) is 0.372. The summed E-state index contributed by atoms with van der Waals surface area (Å²) in [5.74, 6) is -0.925. The number of hydrogen-bond acceptors (Lipinski definition) is 6. The Balaban J connectivity index is 2.35. The number of carbonyl (C=O) groups excluding carboxylic acids is 1. The Hall–Kier alpha value is -1.73. The molecule has 92 valence electrons. The van der Waals surface area contributed by atoms with Crippen molar-refractivity contribution in [3.05, 3.63) is 22.7 Å². The number of Topliss-reactive ketones (excluding diaryl/α,β-unsaturated/α-hetero) is 1. The maximum absolute atomic E-state index is 11.7. The summed E-state index contributed by atoms with van der Waals surface area (Å²) in [7, 11) is 0. The molecule has 4 N–H and O–H groups in total. The lowest BCUT2D eigenvalue weighted by molar-refractivity contribution is -0.128. The van der Waals surface area contributed by atoms with Gasteiger partial charge < -0.3 is 15.9 Å². The molecule has 0 radical (unpaired) electrons. The van der Waals surface area contributed by atoms with E-state index in [0.717, 1.165) is 4.57 Å². The van der Waals surface area contributed by atoms with Gasteiger partial charge in [0.05, 0.1) is 6.04 Å². The fraction of sp³-hybridized carbons (Fsp3) is 0.500. The van der Waals surface area contributed by atoms with E-state index in [-0.39, 0.29) is 18.8 Å². The Kier molecular flexibility index (Phi) is 2.95. The number of ketones is 1. The molecule has 0 aliphatic heterocycles. The third-order valence-corrected chi connectivity index (χ3v) is 3.01. The van der Waals surface area contributed by atoms with Crippen molar-refractivity contribution >= 4 is 11.6 Å². The van der Waals surface area contributed by atoms with Gasteiger partial charge in [0.1, 0.15) is 11.9 Å². The van der Waals surface area contributed by atoms with E-state index in [4.69, 9.17) is 10.8 Å². The molecule has 1 aliphatic rings. The Morgan fingerprint density at radius 2 is 2.24 bits per heavy atom. The van der Waals surface area contributed by atoms with Crippen LogP contribution in [-0.4, -0.2) is 38.3 Å². The van der Waals surface area contributed by atoms with Crippen LogP contribution in [0.1, 0.15) is 12.5 Å². The van der Waals surface area contributed by atoms with E-state index >= 15 is 0 Å². The second-order valence-electron chi connectivity index (χ2n) is 4.08. The molecule has 0 bridgehead atoms. The Bertz CT molecular complexity index is 499. The van der Waals surface area contributed by atoms with Crippen LogP contribution in [-0.2, 0) is 4.79 Å². The van der Waals surface area contributed by atoms with Gasteiger partial charge in [-0.2, -0.15) is 4.98 Å². The van der Waals surface area contributed by atoms with E-state index in [9.17, 15) is 14.7 Å². The monoisotopic (exact) mass is 239 g/mol. The number of aliphatic hydroxyl groups excluding tert-OH is 2. The molecule has 1 aliphatic carbocycles. The Morgan fingerprint density at radius 1 is 1.53 bits per heavy atom. The molecule has 1 heterocycles. The third kappa shape index (κ3) is 1.94. The van der Waals surface area contributed by atoms with Crippen molar-refractivity contribution in [2.24, 2.45) is 5.92 Å². The van der Waals surface area contributed by atoms with Gasteiger partial charge in [-0.15, -0.1) is 0 Å². The lowest BCUT2D eigenvalue weighted by Gasteiger charge is -2.11. The van der Waals surface area contributed by atoms with Crippen LogP contribution in [0.3, 0.4) is 0 Å². The third-order valence-electron chi connectivity index (χ3n) is 3.01. The van der Waals surface area contributed by atoms with Crippen molar-refractivity contribution in [3.8, 4) is 0 Å². The minimum Gasteiger partial charge on any atom is -0.396 e. The van der Waals surface area contributed by atoms with Crippen LogP contribution in [0.2, 0.25) is 0 Å². The fourth-order valence-corrected chi connectivity index (χ4v) is 2.05. The number of aliphatic hydroxyl groups is 2. The minimum absolute atomic E-state index is 0.0796. The van der Waals surface area contributed by atoms with Gasteiger partial charge in [0, 0.05) is 18.7 Å². The molecule has 1 fully saturated rings. The normalized spacial score (nSPS) is 28.6. The summed E-state index contributed by atoms with van der Waals surface area (Å²) < 4.78 is 1.14. The SMILES string of the molecule is Nc1ccn([C@@H]2C[C@H](CO)C(O)C2=O)c(=O)n1. The molecular formula is C10H13N3O4. The minimum atomic E-state index is -1.23. The number of aromatic nitrogens is 2. The van der Waals surface area contributed by atoms with Gasteiger partial charge in [-0.05, 0) is 12.5 Å². The molecule has 17 heavy (non-hydrogen) atoms. The van der Waals surface area contributed by atoms with E-state index < -0.39 is 29.5 Å². The van der Waals surface area contributed by atoms with Crippen LogP contribution in [0.4, 0.5) is 5.82 Å². The summed E-state index contributed by atoms with van der Waals surface area (Å²) in [6, 6.07) is 0.635. The van der Waals surface area contributed by atoms with E-state index in [1.54, 1.807) is 0 Å². The van der Waals surface area contributed by atoms with Crippen LogP contribution in [0.15, 0.2) is 17.1 Å². The Morgan fingerprint density at radius 3 is 2.76 bits per heavy atom. The number of hydrogen-bond donors (Lipinski definition) is 3. The average Bonchev–Trinajstić information content (AvgIpc) is 2.57. The summed E-state index contributed by atoms with van der Waals surface area (Å²) in [6.45, 7) is -0.291. The average molecular weight is 239 g/mol. The summed E-state index contributed by atoms with van der Waals surface area (Å²) in [5.41, 5.74) is 4.71. The molecule has 0 saturated heterocycles. The van der Waals surface area contributed by atoms with Crippen molar-refractivity contribution in [1.82, 2.24) is 9.55 Å². The summed E-state index contributed by atoms with van der Waals surface area (Å²) in [5, 5.41) is 18.6. The highest BCUT2D eigenvalue weighted by Gasteiger charge is 2.42. The highest BCUT2D eigenvalue weighted by atomic mass is 16.3. The second kappa shape index (κ2) is 4.27. The quantitative estimate of drug-likeness (QED) is 0.566. The smallest absolute Gasteiger partial charge is 0.350 e. The number of rotatable bonds is 2. The van der Waals surface area contributed by atoms with E-state index in [2.05, 4.69) is 4.98 Å². The number of carbonyl (C=O) groups is 1. The van der Waals surface area contributed by atoms with E-state index in [1.807, 2.05) is 0 Å². The second-order valence-corrected chi connectivity index (χ2v) is 4.08. The molecule has 7 heteroatoms. The van der Waals surface area contributed by atoms with Crippen LogP contribution in [0.25, 0.3) is 0 Å². The van der Waals surface area contributed by atoms with Gasteiger partial charge in [0.15, 0.2) is 5.78 Å². The van der Waals surface area contributed by atoms with E-state index in [1.165, 1.54) is 12.3 Å². The molecule has 2 rings (SSSR count). The van der Waals surface area contributed by atoms with Gasteiger partial charge in [-0.3, -0.25) is 9.36 Å². The molecule has 1 aromatic heterocycles. The van der Waals surface area contributed by atoms with Crippen molar-refractivity contribution in [1.29, 1.82) is 0 Å². The summed E-state index contributed by atoms with van der Waals surface area (Å²) >= 11 is 0. The van der Waals surface area contributed by atoms with Crippen molar-refractivity contribution < 1.29 is 15.0 Å². The zero-order valence-electron chi connectivity index (χ0n) is 8.98. The first kappa shape index (κ1) is 11.7. The van der Waals surface area contributed by atoms with Crippen LogP contribution < -0.4 is 11.4 Å². The van der Waals surface area contributed by atoms with Crippen molar-refractivity contribution in [3.63, 3.8) is 0 Å². The maximum Gasteiger partial charge on any atom is 0.350 e. The van der Waals surface area contributed by atoms with Gasteiger partial charge in [0.25, 0.3) is 0 Å². The van der Waals surface area contributed by atoms with Gasteiger partial charge in [-0.25, -0.2) is 4.79 Å². The summed E-state index contributed by atoms with van der Waals surface area (Å²) in [4.78, 5) is 26.8. The lowest BCUT2D eigenvalue weighted by Crippen LogP contribution is -2.31. The molecule has 0 aromatic carbocycles. The topological polar surface area (TPSA) is 118 Å². The van der Waals surface area contributed by atoms with Crippen LogP contribution in [0, 0.1) is 5.92 Å². The molecule has 0 amide bonds. The van der Waals surface area contributed by atoms with Gasteiger partial charge in [-0.1, -0.05) is 0 Å². The molecule has 3 atom stereocenters. The molecule has 7 nitrogen and oxygen atoms in total. The maximum atomic E-state index is 11.7. The first-order valence-corrected chi connectivity index (χ1v) is 5.22. The van der Waals surface area contributed by atoms with Crippen LogP contribution >= 0.6 is 0 Å². The number of nitrogen functional groups attached to an aromatic ring is 1. The zero-order chi connectivity index (χ0) is 12.6.